The molecule has 57 heavy (non-hydrogen) atoms. The molecular weight excluding hydrogens is 741 g/mol. The van der Waals surface area contributed by atoms with E-state index in [1.807, 2.05) is 0 Å². The van der Waals surface area contributed by atoms with E-state index in [0.717, 1.165) is 17.7 Å². The number of amides is 4. The van der Waals surface area contributed by atoms with Crippen molar-refractivity contribution in [1.29, 1.82) is 5.26 Å². The second-order valence-electron chi connectivity index (χ2n) is 13.8. The van der Waals surface area contributed by atoms with Crippen LogP contribution in [0.1, 0.15) is 63.8 Å². The molecule has 7 rings (SSSR count). The number of benzene rings is 1. The van der Waals surface area contributed by atoms with Crippen LogP contribution in [0.5, 0.6) is 0 Å². The van der Waals surface area contributed by atoms with Gasteiger partial charge in [0.15, 0.2) is 17.7 Å². The largest absolute Gasteiger partial charge is 0.382 e. The molecule has 1 aliphatic carbocycles. The summed E-state index contributed by atoms with van der Waals surface area (Å²) in [6.07, 6.45) is 3.87. The zero-order chi connectivity index (χ0) is 39.9. The van der Waals surface area contributed by atoms with Gasteiger partial charge in [0, 0.05) is 72.8 Å². The Morgan fingerprint density at radius 3 is 2.63 bits per heavy atom. The highest BCUT2D eigenvalue weighted by Gasteiger charge is 2.45. The Hall–Kier alpha value is -6.07. The molecule has 19 heteroatoms. The number of ether oxygens (including phenoxy) is 2. The summed E-state index contributed by atoms with van der Waals surface area (Å²) in [5.41, 5.74) is 2.97. The van der Waals surface area contributed by atoms with Gasteiger partial charge >= 0.3 is 0 Å². The Balaban J connectivity index is 0.773. The quantitative estimate of drug-likeness (QED) is 0.0581. The number of anilines is 2. The van der Waals surface area contributed by atoms with Crippen molar-refractivity contribution in [2.24, 2.45) is 0 Å². The van der Waals surface area contributed by atoms with E-state index in [0.29, 0.717) is 77.8 Å². The van der Waals surface area contributed by atoms with E-state index in [1.165, 1.54) is 17.1 Å². The number of nitrogens with one attached hydrogen (secondary N) is 5. The van der Waals surface area contributed by atoms with Crippen LogP contribution in [0.2, 0.25) is 0 Å². The molecule has 0 radical (unpaired) electrons. The number of carbonyl (C=O) groups excluding carboxylic acids is 4. The smallest absolute Gasteiger partial charge is 0.257 e. The van der Waals surface area contributed by atoms with Gasteiger partial charge in [-0.2, -0.15) is 15.0 Å². The first-order chi connectivity index (χ1) is 27.7. The minimum atomic E-state index is -1.43. The molecule has 1 saturated heterocycles. The van der Waals surface area contributed by atoms with Crippen molar-refractivity contribution in [2.45, 2.75) is 50.2 Å². The van der Waals surface area contributed by atoms with Gasteiger partial charge in [-0.1, -0.05) is 6.07 Å². The van der Waals surface area contributed by atoms with Crippen LogP contribution in [0, 0.1) is 11.3 Å². The zero-order valence-corrected chi connectivity index (χ0v) is 30.9. The number of carbonyl (C=O) groups is 4. The van der Waals surface area contributed by atoms with Crippen LogP contribution in [0.15, 0.2) is 48.9 Å². The van der Waals surface area contributed by atoms with Crippen LogP contribution in [-0.2, 0) is 19.1 Å². The third-order valence-electron chi connectivity index (χ3n) is 9.65. The average Bonchev–Trinajstić information content (AvgIpc) is 3.87. The fraction of sp³-hybridized carbons (Fsp3) is 0.421. The molecule has 3 unspecified atom stereocenters. The third kappa shape index (κ3) is 9.16. The number of nitriles is 1. The summed E-state index contributed by atoms with van der Waals surface area (Å²) in [7, 11) is 0. The van der Waals surface area contributed by atoms with Crippen molar-refractivity contribution in [2.75, 3.05) is 63.2 Å². The van der Waals surface area contributed by atoms with Crippen molar-refractivity contribution >= 4 is 46.0 Å². The zero-order valence-electron chi connectivity index (χ0n) is 30.9. The first-order valence-corrected chi connectivity index (χ1v) is 18.7. The SMILES string of the molecule is N#Cc1cnc2c(cnn2-c2cc(NC3CC3)c(C(=O)NCC(F)COCCNCCOCCNc3cccc4c3C(O)N(C3CCC(=O)NC3=O)C4=O)cn2)c1. The van der Waals surface area contributed by atoms with Gasteiger partial charge in [-0.25, -0.2) is 14.4 Å². The van der Waals surface area contributed by atoms with Crippen molar-refractivity contribution in [3.63, 3.8) is 0 Å². The lowest BCUT2D eigenvalue weighted by Crippen LogP contribution is -2.53. The Kier molecular flexibility index (Phi) is 12.2. The maximum atomic E-state index is 14.7. The Bertz CT molecular complexity index is 2190. The van der Waals surface area contributed by atoms with Gasteiger partial charge in [-0.15, -0.1) is 0 Å². The summed E-state index contributed by atoms with van der Waals surface area (Å²) in [5.74, 6) is -1.52. The predicted octanol–water partition coefficient (Wildman–Crippen LogP) is 1.32. The first-order valence-electron chi connectivity index (χ1n) is 18.7. The average molecular weight is 784 g/mol. The van der Waals surface area contributed by atoms with E-state index < -0.39 is 42.1 Å². The molecule has 3 atom stereocenters. The molecule has 0 spiro atoms. The van der Waals surface area contributed by atoms with E-state index in [-0.39, 0.29) is 44.2 Å². The van der Waals surface area contributed by atoms with Gasteiger partial charge in [-0.05, 0) is 37.5 Å². The molecule has 3 aromatic heterocycles. The fourth-order valence-electron chi connectivity index (χ4n) is 6.63. The molecule has 2 aliphatic heterocycles. The molecule has 2 fully saturated rings. The van der Waals surface area contributed by atoms with E-state index in [4.69, 9.17) is 14.7 Å². The number of alkyl halides is 1. The summed E-state index contributed by atoms with van der Waals surface area (Å²) in [6, 6.07) is 9.75. The third-order valence-corrected chi connectivity index (χ3v) is 9.65. The second-order valence-corrected chi connectivity index (χ2v) is 13.8. The molecule has 6 N–H and O–H groups in total. The number of hydrogen-bond acceptors (Lipinski definition) is 14. The lowest BCUT2D eigenvalue weighted by atomic mass is 10.0. The number of fused-ring (bicyclic) bond motifs is 2. The highest BCUT2D eigenvalue weighted by Crippen LogP contribution is 2.39. The second kappa shape index (κ2) is 17.8. The molecular formula is C38H42FN11O7. The molecule has 4 aromatic rings. The number of aliphatic hydroxyl groups is 1. The Morgan fingerprint density at radius 2 is 1.84 bits per heavy atom. The molecule has 1 saturated carbocycles. The van der Waals surface area contributed by atoms with Crippen molar-refractivity contribution in [1.82, 2.24) is 40.6 Å². The van der Waals surface area contributed by atoms with Crippen molar-refractivity contribution in [3.05, 3.63) is 71.2 Å². The summed E-state index contributed by atoms with van der Waals surface area (Å²) in [6.45, 7) is 1.90. The van der Waals surface area contributed by atoms with Gasteiger partial charge in [0.2, 0.25) is 11.8 Å². The standard InChI is InChI=1S/C38H42FN11O7/c39-24(19-45-35(52)27-20-43-31(15-29(27)47-25-4-5-25)50-34-23(18-46-50)14-22(16-40)17-44-34)21-57-12-9-41-8-11-56-13-10-42-28-3-1-2-26-33(28)38(55)49(37(26)54)30-6-7-32(51)48-36(30)53/h1-3,14-15,17-18,20,24-25,30,38,41-42,55H,4-13,19,21H2,(H,43,47)(H,45,52)(H,48,51,53). The van der Waals surface area contributed by atoms with Gasteiger partial charge in [-0.3, -0.25) is 29.4 Å². The van der Waals surface area contributed by atoms with Gasteiger partial charge in [0.05, 0.1) is 56.0 Å². The van der Waals surface area contributed by atoms with Crippen LogP contribution < -0.4 is 26.6 Å². The summed E-state index contributed by atoms with van der Waals surface area (Å²) in [4.78, 5) is 60.0. The normalized spacial score (nSPS) is 18.3. The fourth-order valence-corrected chi connectivity index (χ4v) is 6.63. The van der Waals surface area contributed by atoms with Crippen molar-refractivity contribution < 1.29 is 38.1 Å². The number of nitrogens with zero attached hydrogens (tertiary/aromatic N) is 6. The minimum Gasteiger partial charge on any atom is -0.382 e. The number of aliphatic hydroxyl groups excluding tert-OH is 1. The van der Waals surface area contributed by atoms with Gasteiger partial charge in [0.1, 0.15) is 18.3 Å². The Labute approximate surface area is 326 Å². The molecule has 5 heterocycles. The van der Waals surface area contributed by atoms with Crippen LogP contribution in [0.3, 0.4) is 0 Å². The summed E-state index contributed by atoms with van der Waals surface area (Å²) < 4.78 is 27.3. The summed E-state index contributed by atoms with van der Waals surface area (Å²) in [5, 5.41) is 39.8. The van der Waals surface area contributed by atoms with Crippen LogP contribution >= 0.6 is 0 Å². The summed E-state index contributed by atoms with van der Waals surface area (Å²) >= 11 is 0. The van der Waals surface area contributed by atoms with Crippen LogP contribution in [0.25, 0.3) is 16.9 Å². The highest BCUT2D eigenvalue weighted by atomic mass is 19.1. The lowest BCUT2D eigenvalue weighted by molar-refractivity contribution is -0.139. The van der Waals surface area contributed by atoms with E-state index >= 15 is 0 Å². The number of aromatic nitrogens is 4. The first kappa shape index (κ1) is 39.2. The maximum Gasteiger partial charge on any atom is 0.257 e. The molecule has 18 nitrogen and oxygen atoms in total. The molecule has 4 amide bonds. The van der Waals surface area contributed by atoms with Crippen LogP contribution in [0.4, 0.5) is 15.8 Å². The monoisotopic (exact) mass is 783 g/mol. The number of rotatable bonds is 19. The number of imide groups is 1. The number of hydrogen-bond donors (Lipinski definition) is 6. The molecule has 0 bridgehead atoms. The highest BCUT2D eigenvalue weighted by molar-refractivity contribution is 6.06. The minimum absolute atomic E-state index is 0.0857. The number of halogens is 1. The lowest BCUT2D eigenvalue weighted by Gasteiger charge is -2.32. The number of piperidine rings is 1. The topological polar surface area (TPSA) is 238 Å². The van der Waals surface area contributed by atoms with E-state index in [9.17, 15) is 28.7 Å². The van der Waals surface area contributed by atoms with E-state index in [1.54, 1.807) is 36.5 Å². The maximum absolute atomic E-state index is 14.7. The molecule has 1 aromatic carbocycles. The van der Waals surface area contributed by atoms with Gasteiger partial charge < -0.3 is 35.8 Å². The number of pyridine rings is 2. The van der Waals surface area contributed by atoms with E-state index in [2.05, 4.69) is 47.7 Å². The molecule has 3 aliphatic rings. The Morgan fingerprint density at radius 1 is 1.04 bits per heavy atom. The molecule has 298 valence electrons. The van der Waals surface area contributed by atoms with Crippen LogP contribution in [-0.4, -0.2) is 124 Å². The van der Waals surface area contributed by atoms with Gasteiger partial charge in [0.25, 0.3) is 11.8 Å². The predicted molar refractivity (Wildman–Crippen MR) is 202 cm³/mol. The van der Waals surface area contributed by atoms with Crippen molar-refractivity contribution in [3.8, 4) is 11.9 Å².